The van der Waals surface area contributed by atoms with Gasteiger partial charge in [-0.25, -0.2) is 0 Å². The number of aliphatic hydroxyl groups excluding tert-OH is 1. The molecule has 0 radical (unpaired) electrons. The van der Waals surface area contributed by atoms with E-state index in [0.29, 0.717) is 0 Å². The summed E-state index contributed by atoms with van der Waals surface area (Å²) in [5.41, 5.74) is 2.70. The lowest BCUT2D eigenvalue weighted by Gasteiger charge is -2.28. The second kappa shape index (κ2) is 5.46. The Kier molecular flexibility index (Phi) is 5.10. The average molecular weight is 247 g/mol. The lowest BCUT2D eigenvalue weighted by atomic mass is 9.85. The molecule has 100 valence electrons. The van der Waals surface area contributed by atoms with Crippen LogP contribution in [0.25, 0.3) is 0 Å². The second-order valence-electron chi connectivity index (χ2n) is 5.25. The molecule has 0 fully saturated rings. The molecule has 2 atom stereocenters. The Morgan fingerprint density at radius 2 is 1.76 bits per heavy atom. The van der Waals surface area contributed by atoms with E-state index >= 15 is 0 Å². The molecule has 0 rings (SSSR count). The van der Waals surface area contributed by atoms with Crippen molar-refractivity contribution in [3.8, 4) is 0 Å². The van der Waals surface area contributed by atoms with Gasteiger partial charge in [-0.3, -0.25) is 9.59 Å². The van der Waals surface area contributed by atoms with Crippen LogP contribution in [0.1, 0.15) is 40.5 Å². The molecule has 4 N–H and O–H groups in total. The van der Waals surface area contributed by atoms with Gasteiger partial charge in [0, 0.05) is 0 Å². The van der Waals surface area contributed by atoms with Gasteiger partial charge in [-0.05, 0) is 40.5 Å². The Morgan fingerprint density at radius 1 is 1.29 bits per heavy atom. The van der Waals surface area contributed by atoms with E-state index in [1.54, 1.807) is 20.8 Å². The number of hydrogen-bond donors (Lipinski definition) is 3. The summed E-state index contributed by atoms with van der Waals surface area (Å²) in [7, 11) is 0. The zero-order valence-corrected chi connectivity index (χ0v) is 10.7. The summed E-state index contributed by atoms with van der Waals surface area (Å²) in [5, 5.41) is 18.0. The summed E-state index contributed by atoms with van der Waals surface area (Å²) in [6, 6.07) is 0. The van der Waals surface area contributed by atoms with Gasteiger partial charge in [-0.1, -0.05) is 0 Å². The highest BCUT2D eigenvalue weighted by Crippen LogP contribution is 2.28. The van der Waals surface area contributed by atoms with Crippen molar-refractivity contribution in [1.29, 1.82) is 0 Å². The van der Waals surface area contributed by atoms with Crippen LogP contribution in [0.3, 0.4) is 0 Å². The molecule has 2 unspecified atom stereocenters. The molecule has 0 aliphatic carbocycles. The summed E-state index contributed by atoms with van der Waals surface area (Å²) >= 11 is 0. The van der Waals surface area contributed by atoms with Crippen molar-refractivity contribution in [2.45, 2.75) is 52.4 Å². The van der Waals surface area contributed by atoms with Crippen LogP contribution in [0, 0.1) is 5.41 Å². The molecule has 0 saturated heterocycles. The van der Waals surface area contributed by atoms with Crippen molar-refractivity contribution in [1.82, 2.24) is 0 Å². The number of carboxylic acids is 1. The third-order valence-corrected chi connectivity index (χ3v) is 2.26. The van der Waals surface area contributed by atoms with Gasteiger partial charge in [0.2, 0.25) is 0 Å². The third-order valence-electron chi connectivity index (χ3n) is 2.26. The van der Waals surface area contributed by atoms with Crippen LogP contribution in [0.5, 0.6) is 0 Å². The first-order valence-corrected chi connectivity index (χ1v) is 5.39. The minimum atomic E-state index is -1.69. The van der Waals surface area contributed by atoms with Gasteiger partial charge in [0.25, 0.3) is 0 Å². The third kappa shape index (κ3) is 5.14. The van der Waals surface area contributed by atoms with E-state index in [4.69, 9.17) is 20.7 Å². The van der Waals surface area contributed by atoms with Gasteiger partial charge in [0.05, 0.1) is 0 Å². The molecule has 0 aliphatic rings. The average Bonchev–Trinajstić information content (AvgIpc) is 2.10. The number of hydrogen-bond acceptors (Lipinski definition) is 5. The largest absolute Gasteiger partial charge is 0.480 e. The number of ether oxygens (including phenoxy) is 1. The number of aliphatic hydroxyl groups is 1. The van der Waals surface area contributed by atoms with E-state index in [9.17, 15) is 9.59 Å². The van der Waals surface area contributed by atoms with Gasteiger partial charge in [0.15, 0.2) is 5.41 Å². The van der Waals surface area contributed by atoms with Crippen LogP contribution in [0.2, 0.25) is 0 Å². The summed E-state index contributed by atoms with van der Waals surface area (Å²) < 4.78 is 5.05. The van der Waals surface area contributed by atoms with Gasteiger partial charge in [0.1, 0.15) is 11.8 Å². The predicted molar refractivity (Wildman–Crippen MR) is 61.0 cm³/mol. The van der Waals surface area contributed by atoms with E-state index in [2.05, 4.69) is 0 Å². The molecule has 0 aromatic carbocycles. The van der Waals surface area contributed by atoms with E-state index in [-0.39, 0.29) is 12.8 Å². The maximum atomic E-state index is 11.8. The van der Waals surface area contributed by atoms with Crippen LogP contribution < -0.4 is 5.73 Å². The molecule has 0 heterocycles. The zero-order chi connectivity index (χ0) is 13.9. The van der Waals surface area contributed by atoms with Gasteiger partial charge in [-0.15, -0.1) is 0 Å². The molecule has 0 spiro atoms. The first-order valence-electron chi connectivity index (χ1n) is 5.39. The van der Waals surface area contributed by atoms with Crippen LogP contribution in [-0.4, -0.2) is 34.0 Å². The van der Waals surface area contributed by atoms with Gasteiger partial charge >= 0.3 is 11.9 Å². The Labute approximate surface area is 101 Å². The highest BCUT2D eigenvalue weighted by atomic mass is 16.6. The van der Waals surface area contributed by atoms with Crippen LogP contribution in [0.4, 0.5) is 0 Å². The quantitative estimate of drug-likeness (QED) is 0.370. The number of nitrogens with two attached hydrogens (primary N) is 1. The predicted octanol–water partition coefficient (Wildman–Crippen LogP) is 0.476. The van der Waals surface area contributed by atoms with Crippen LogP contribution in [-0.2, 0) is 14.3 Å². The van der Waals surface area contributed by atoms with Crippen molar-refractivity contribution < 1.29 is 24.5 Å². The summed E-state index contributed by atoms with van der Waals surface area (Å²) in [5.74, 6) is -2.11. The molecular weight excluding hydrogens is 226 g/mol. The molecule has 0 amide bonds. The Hall–Kier alpha value is -1.14. The fraction of sp³-hybridized carbons (Fsp3) is 0.818. The topological polar surface area (TPSA) is 110 Å². The van der Waals surface area contributed by atoms with Crippen molar-refractivity contribution in [2.75, 3.05) is 0 Å². The number of aliphatic carboxylic acids is 1. The summed E-state index contributed by atoms with van der Waals surface area (Å²) in [6.07, 6.45) is -1.20. The molecule has 6 heteroatoms. The first kappa shape index (κ1) is 15.9. The van der Waals surface area contributed by atoms with Crippen LogP contribution in [0.15, 0.2) is 0 Å². The smallest absolute Gasteiger partial charge is 0.323 e. The fourth-order valence-corrected chi connectivity index (χ4v) is 1.12. The van der Waals surface area contributed by atoms with Crippen molar-refractivity contribution in [3.05, 3.63) is 0 Å². The monoisotopic (exact) mass is 247 g/mol. The standard InChI is InChI=1S/C11H21NO5/c1-10(2,3)17-9(16)11(4,8(14)15)6-5-7(12)13/h7,13H,5-6,12H2,1-4H3,(H,14,15). The highest BCUT2D eigenvalue weighted by Gasteiger charge is 2.44. The van der Waals surface area contributed by atoms with Crippen molar-refractivity contribution in [3.63, 3.8) is 0 Å². The number of esters is 1. The number of carboxylic acid groups (broad SMARTS) is 1. The number of rotatable bonds is 5. The first-order chi connectivity index (χ1) is 7.49. The SMILES string of the molecule is CC(C)(C)OC(=O)C(C)(CCC(N)O)C(=O)O. The molecule has 0 aliphatic heterocycles. The lowest BCUT2D eigenvalue weighted by Crippen LogP contribution is -2.42. The molecule has 6 nitrogen and oxygen atoms in total. The molecule has 0 aromatic heterocycles. The van der Waals surface area contributed by atoms with E-state index in [1.165, 1.54) is 6.92 Å². The van der Waals surface area contributed by atoms with E-state index in [1.807, 2.05) is 0 Å². The minimum Gasteiger partial charge on any atom is -0.480 e. The summed E-state index contributed by atoms with van der Waals surface area (Å²) in [4.78, 5) is 22.9. The molecule has 0 saturated carbocycles. The highest BCUT2D eigenvalue weighted by molar-refractivity contribution is 5.98. The molecular formula is C11H21NO5. The lowest BCUT2D eigenvalue weighted by molar-refractivity contribution is -0.176. The second-order valence-corrected chi connectivity index (χ2v) is 5.25. The molecule has 0 aromatic rings. The Balaban J connectivity index is 4.83. The molecule has 17 heavy (non-hydrogen) atoms. The van der Waals surface area contributed by atoms with Crippen molar-refractivity contribution >= 4 is 11.9 Å². The minimum absolute atomic E-state index is 0.0159. The maximum absolute atomic E-state index is 11.8. The zero-order valence-electron chi connectivity index (χ0n) is 10.7. The van der Waals surface area contributed by atoms with E-state index < -0.39 is 29.2 Å². The van der Waals surface area contributed by atoms with Crippen LogP contribution >= 0.6 is 0 Å². The Morgan fingerprint density at radius 3 is 2.06 bits per heavy atom. The molecule has 0 bridgehead atoms. The summed E-state index contributed by atoms with van der Waals surface area (Å²) in [6.45, 7) is 6.24. The van der Waals surface area contributed by atoms with Gasteiger partial charge in [-0.2, -0.15) is 0 Å². The van der Waals surface area contributed by atoms with Crippen molar-refractivity contribution in [2.24, 2.45) is 11.1 Å². The number of carbonyl (C=O) groups is 2. The maximum Gasteiger partial charge on any atom is 0.323 e. The van der Waals surface area contributed by atoms with Gasteiger partial charge < -0.3 is 20.7 Å². The fourth-order valence-electron chi connectivity index (χ4n) is 1.12. The number of carbonyl (C=O) groups excluding carboxylic acids is 1. The normalized spacial score (nSPS) is 17.1. The Bertz CT molecular complexity index is 295. The van der Waals surface area contributed by atoms with E-state index in [0.717, 1.165) is 0 Å².